The van der Waals surface area contributed by atoms with E-state index in [0.29, 0.717) is 38.5 Å². The van der Waals surface area contributed by atoms with E-state index in [9.17, 15) is 28.8 Å². The SMILES string of the molecule is C=CC(=O)OCCCCOC(=O)Oc1ccc(-c2noc(-c3cc(-c4nc(-c5ccc(OC(=O)OCCCCOC(=O)C=C)cc5F)no4)cc(-c4nc(-c5ccc(OC(=O)OCCCCOC(=O)C=C)cc5F)no4)c3)n2)c(F)c1. The highest BCUT2D eigenvalue weighted by atomic mass is 19.1. The number of aromatic nitrogens is 6. The van der Waals surface area contributed by atoms with Crippen LogP contribution in [-0.2, 0) is 42.8 Å². The van der Waals surface area contributed by atoms with Gasteiger partial charge in [0.1, 0.15) is 34.7 Å². The Morgan fingerprint density at radius 2 is 0.654 bits per heavy atom. The summed E-state index contributed by atoms with van der Waals surface area (Å²) in [6, 6.07) is 14.5. The van der Waals surface area contributed by atoms with Crippen LogP contribution >= 0.6 is 0 Å². The van der Waals surface area contributed by atoms with E-state index in [-0.39, 0.29) is 125 Å². The van der Waals surface area contributed by atoms with Crippen LogP contribution in [0.3, 0.4) is 0 Å². The van der Waals surface area contributed by atoms with Gasteiger partial charge in [-0.2, -0.15) is 15.0 Å². The summed E-state index contributed by atoms with van der Waals surface area (Å²) in [5, 5.41) is 11.8. The summed E-state index contributed by atoms with van der Waals surface area (Å²) in [5.41, 5.74) is -0.165. The van der Waals surface area contributed by atoms with Crippen molar-refractivity contribution in [2.45, 2.75) is 38.5 Å². The number of carbonyl (C=O) groups excluding carboxylic acids is 6. The lowest BCUT2D eigenvalue weighted by atomic mass is 10.0. The minimum atomic E-state index is -1.11. The molecule has 0 radical (unpaired) electrons. The molecule has 0 unspecified atom stereocenters. The van der Waals surface area contributed by atoms with Crippen molar-refractivity contribution in [3.8, 4) is 85.8 Å². The first-order valence-corrected chi connectivity index (χ1v) is 24.2. The molecule has 420 valence electrons. The topological polar surface area (TPSA) is 302 Å². The van der Waals surface area contributed by atoms with Gasteiger partial charge in [-0.1, -0.05) is 35.2 Å². The van der Waals surface area contributed by atoms with Gasteiger partial charge in [-0.15, -0.1) is 0 Å². The minimum Gasteiger partial charge on any atom is -0.463 e. The Labute approximate surface area is 456 Å². The molecule has 0 spiro atoms. The maximum Gasteiger partial charge on any atom is 0.513 e. The molecule has 0 bridgehead atoms. The Balaban J connectivity index is 1.08. The quantitative estimate of drug-likeness (QED) is 0.0152. The smallest absolute Gasteiger partial charge is 0.463 e. The minimum absolute atomic E-state index is 0.0698. The molecule has 81 heavy (non-hydrogen) atoms. The summed E-state index contributed by atoms with van der Waals surface area (Å²) in [5.74, 6) is -6.53. The van der Waals surface area contributed by atoms with Crippen molar-refractivity contribution in [2.24, 2.45) is 0 Å². The molecular formula is C54H45F3N6O18. The van der Waals surface area contributed by atoms with Gasteiger partial charge in [0, 0.05) is 53.1 Å². The number of rotatable bonds is 27. The molecule has 4 aromatic carbocycles. The molecule has 7 rings (SSSR count). The van der Waals surface area contributed by atoms with Crippen LogP contribution in [0.4, 0.5) is 27.6 Å². The standard InChI is InChI=1S/C54H45F3N6O18/c1-4-43(64)70-19-7-10-22-73-52(67)76-34-13-16-37(40(55)28-34)46-58-49(79-61-46)31-25-32(50-59-47(62-80-50)38-17-14-35(29-41(38)56)77-53(68)74-23-11-8-20-71-44(65)5-2)27-33(26-31)51-60-48(63-81-51)39-18-15-36(30-42(39)57)78-54(69)75-24-12-9-21-72-45(66)6-3/h4-6,13-18,25-30H,1-3,7-12,19-24H2. The van der Waals surface area contributed by atoms with Gasteiger partial charge in [-0.25, -0.2) is 41.9 Å². The van der Waals surface area contributed by atoms with E-state index in [4.69, 9.17) is 56.2 Å². The summed E-state index contributed by atoms with van der Waals surface area (Å²) in [7, 11) is 0. The summed E-state index contributed by atoms with van der Waals surface area (Å²) in [6.45, 7) is 9.95. The van der Waals surface area contributed by atoms with E-state index in [1.165, 1.54) is 54.6 Å². The summed E-state index contributed by atoms with van der Waals surface area (Å²) in [6.07, 6.45) is 1.93. The highest BCUT2D eigenvalue weighted by Crippen LogP contribution is 2.36. The molecule has 0 aliphatic carbocycles. The summed E-state index contributed by atoms with van der Waals surface area (Å²) in [4.78, 5) is 83.3. The van der Waals surface area contributed by atoms with Gasteiger partial charge in [0.2, 0.25) is 17.5 Å². The van der Waals surface area contributed by atoms with Crippen LogP contribution in [0.5, 0.6) is 17.2 Å². The van der Waals surface area contributed by atoms with Gasteiger partial charge in [-0.05, 0) is 93.1 Å². The van der Waals surface area contributed by atoms with Gasteiger partial charge in [0.25, 0.3) is 17.7 Å². The molecule has 0 saturated carbocycles. The number of halogens is 3. The first-order chi connectivity index (χ1) is 39.2. The zero-order valence-electron chi connectivity index (χ0n) is 42.4. The fraction of sp³-hybridized carbons (Fsp3) is 0.222. The van der Waals surface area contributed by atoms with E-state index in [1.54, 1.807) is 0 Å². The van der Waals surface area contributed by atoms with E-state index in [2.05, 4.69) is 50.2 Å². The molecule has 24 nitrogen and oxygen atoms in total. The van der Waals surface area contributed by atoms with Crippen LogP contribution in [0, 0.1) is 17.5 Å². The predicted octanol–water partition coefficient (Wildman–Crippen LogP) is 10.3. The highest BCUT2D eigenvalue weighted by molar-refractivity contribution is 5.82. The third kappa shape index (κ3) is 17.0. The van der Waals surface area contributed by atoms with E-state index >= 15 is 13.2 Å². The lowest BCUT2D eigenvalue weighted by molar-refractivity contribution is -0.138. The van der Waals surface area contributed by atoms with E-state index in [0.717, 1.165) is 36.4 Å². The number of hydrogen-bond donors (Lipinski definition) is 0. The fourth-order valence-corrected chi connectivity index (χ4v) is 6.72. The number of nitrogens with zero attached hydrogens (tertiary/aromatic N) is 6. The zero-order chi connectivity index (χ0) is 57.7. The van der Waals surface area contributed by atoms with Crippen LogP contribution in [-0.4, -0.2) is 106 Å². The number of carbonyl (C=O) groups is 6. The van der Waals surface area contributed by atoms with Gasteiger partial charge in [0.05, 0.1) is 56.3 Å². The van der Waals surface area contributed by atoms with Crippen LogP contribution in [0.15, 0.2) is 124 Å². The zero-order valence-corrected chi connectivity index (χ0v) is 42.4. The van der Waals surface area contributed by atoms with Gasteiger partial charge >= 0.3 is 36.4 Å². The maximum absolute atomic E-state index is 15.6. The number of ether oxygens (including phenoxy) is 9. The monoisotopic (exact) mass is 1120 g/mol. The van der Waals surface area contributed by atoms with Gasteiger partial charge < -0.3 is 56.2 Å². The van der Waals surface area contributed by atoms with E-state index < -0.39 is 53.8 Å². The normalized spacial score (nSPS) is 10.7. The molecule has 0 aliphatic heterocycles. The Bertz CT molecular complexity index is 3070. The third-order valence-electron chi connectivity index (χ3n) is 10.6. The number of benzene rings is 4. The Kier molecular flexibility index (Phi) is 20.7. The van der Waals surface area contributed by atoms with Crippen molar-refractivity contribution in [3.63, 3.8) is 0 Å². The second-order valence-electron chi connectivity index (χ2n) is 16.3. The number of esters is 3. The molecule has 3 aromatic heterocycles. The van der Waals surface area contributed by atoms with Crippen LogP contribution in [0.25, 0.3) is 68.5 Å². The lowest BCUT2D eigenvalue weighted by Gasteiger charge is -2.07. The van der Waals surface area contributed by atoms with Crippen molar-refractivity contribution < 1.29 is 98.1 Å². The highest BCUT2D eigenvalue weighted by Gasteiger charge is 2.24. The molecule has 7 aromatic rings. The molecule has 0 atom stereocenters. The third-order valence-corrected chi connectivity index (χ3v) is 10.6. The molecule has 0 saturated heterocycles. The number of hydrogen-bond acceptors (Lipinski definition) is 24. The fourth-order valence-electron chi connectivity index (χ4n) is 6.72. The largest absolute Gasteiger partial charge is 0.513 e. The average molecular weight is 1120 g/mol. The van der Waals surface area contributed by atoms with Crippen molar-refractivity contribution in [3.05, 3.63) is 128 Å². The lowest BCUT2D eigenvalue weighted by Crippen LogP contribution is -2.12. The van der Waals surface area contributed by atoms with Gasteiger partial charge in [0.15, 0.2) is 0 Å². The Hall–Kier alpha value is -10.5. The molecule has 0 aliphatic rings. The molecule has 27 heteroatoms. The van der Waals surface area contributed by atoms with Gasteiger partial charge in [-0.3, -0.25) is 0 Å². The molecular weight excluding hydrogens is 1080 g/mol. The Morgan fingerprint density at radius 3 is 0.901 bits per heavy atom. The number of unbranched alkanes of at least 4 members (excludes halogenated alkanes) is 3. The average Bonchev–Trinajstić information content (AvgIpc) is 4.30. The molecule has 0 fully saturated rings. The molecule has 3 heterocycles. The summed E-state index contributed by atoms with van der Waals surface area (Å²) < 4.78 is 108. The molecule has 0 N–H and O–H groups in total. The first kappa shape index (κ1) is 58.2. The maximum atomic E-state index is 15.6. The molecule has 0 amide bonds. The van der Waals surface area contributed by atoms with Crippen molar-refractivity contribution in [1.29, 1.82) is 0 Å². The second kappa shape index (κ2) is 28.8. The van der Waals surface area contributed by atoms with Crippen molar-refractivity contribution in [1.82, 2.24) is 30.4 Å². The van der Waals surface area contributed by atoms with Crippen LogP contribution < -0.4 is 14.2 Å². The summed E-state index contributed by atoms with van der Waals surface area (Å²) >= 11 is 0. The Morgan fingerprint density at radius 1 is 0.395 bits per heavy atom. The van der Waals surface area contributed by atoms with Crippen molar-refractivity contribution >= 4 is 36.4 Å². The first-order valence-electron chi connectivity index (χ1n) is 24.2. The van der Waals surface area contributed by atoms with Crippen LogP contribution in [0.2, 0.25) is 0 Å². The predicted molar refractivity (Wildman–Crippen MR) is 270 cm³/mol. The second-order valence-corrected chi connectivity index (χ2v) is 16.3. The van der Waals surface area contributed by atoms with Crippen LogP contribution in [0.1, 0.15) is 38.5 Å². The van der Waals surface area contributed by atoms with E-state index in [1.807, 2.05) is 0 Å². The van der Waals surface area contributed by atoms with Crippen molar-refractivity contribution in [2.75, 3.05) is 39.6 Å².